The van der Waals surface area contributed by atoms with Crippen molar-refractivity contribution in [3.05, 3.63) is 125 Å². The first-order valence-electron chi connectivity index (χ1n) is 10.3. The Hall–Kier alpha value is -4.15. The molecule has 0 saturated carbocycles. The smallest absolute Gasteiger partial charge is 0.343 e. The molecule has 0 amide bonds. The lowest BCUT2D eigenvalue weighted by atomic mass is 10.0. The summed E-state index contributed by atoms with van der Waals surface area (Å²) in [5.41, 5.74) is 3.86. The summed E-state index contributed by atoms with van der Waals surface area (Å²) in [5.74, 6) is 0.125. The summed E-state index contributed by atoms with van der Waals surface area (Å²) in [7, 11) is 0. The van der Waals surface area contributed by atoms with E-state index in [-0.39, 0.29) is 17.3 Å². The molecule has 1 aliphatic heterocycles. The molecule has 0 bridgehead atoms. The predicted octanol–water partition coefficient (Wildman–Crippen LogP) is 6.84. The van der Waals surface area contributed by atoms with Gasteiger partial charge in [0.15, 0.2) is 5.76 Å². The van der Waals surface area contributed by atoms with Crippen LogP contribution in [0.1, 0.15) is 26.3 Å². The van der Waals surface area contributed by atoms with Crippen molar-refractivity contribution < 1.29 is 19.1 Å². The van der Waals surface area contributed by atoms with E-state index in [9.17, 15) is 9.59 Å². The molecule has 0 fully saturated rings. The van der Waals surface area contributed by atoms with E-state index >= 15 is 0 Å². The summed E-state index contributed by atoms with van der Waals surface area (Å²) >= 11 is 5.86. The Bertz CT molecular complexity index is 1370. The zero-order valence-corrected chi connectivity index (χ0v) is 18.1. The topological polar surface area (TPSA) is 52.6 Å². The zero-order chi connectivity index (χ0) is 22.8. The number of halogens is 1. The second kappa shape index (κ2) is 8.77. The Kier molecular flexibility index (Phi) is 5.51. The van der Waals surface area contributed by atoms with E-state index < -0.39 is 5.97 Å². The molecular weight excluding hydrogens is 436 g/mol. The third-order valence-corrected chi connectivity index (χ3v) is 5.50. The summed E-state index contributed by atoms with van der Waals surface area (Å²) in [6.07, 6.45) is 1.70. The molecule has 160 valence electrons. The number of carbonyl (C=O) groups is 2. The van der Waals surface area contributed by atoms with Crippen LogP contribution in [0.5, 0.6) is 11.5 Å². The van der Waals surface area contributed by atoms with Crippen LogP contribution in [0.2, 0.25) is 5.02 Å². The Balaban J connectivity index is 1.33. The molecule has 0 aromatic heterocycles. The van der Waals surface area contributed by atoms with E-state index in [4.69, 9.17) is 21.1 Å². The fraction of sp³-hybridized carbons (Fsp3) is 0. The van der Waals surface area contributed by atoms with Crippen LogP contribution in [0.3, 0.4) is 0 Å². The molecule has 33 heavy (non-hydrogen) atoms. The number of carbonyl (C=O) groups excluding carboxylic acids is 2. The number of esters is 1. The number of Topliss-reactive ketones (excluding diaryl/α,β-unsaturated/α-hetero) is 1. The minimum absolute atomic E-state index is 0.215. The number of fused-ring (bicyclic) bond motifs is 1. The fourth-order valence-electron chi connectivity index (χ4n) is 3.54. The second-order valence-electron chi connectivity index (χ2n) is 7.48. The number of ketones is 1. The summed E-state index contributed by atoms with van der Waals surface area (Å²) in [5, 5.41) is 0.532. The summed E-state index contributed by atoms with van der Waals surface area (Å²) < 4.78 is 11.2. The van der Waals surface area contributed by atoms with Gasteiger partial charge >= 0.3 is 5.97 Å². The van der Waals surface area contributed by atoms with Gasteiger partial charge in [-0.3, -0.25) is 4.79 Å². The molecule has 0 spiro atoms. The van der Waals surface area contributed by atoms with Gasteiger partial charge < -0.3 is 9.47 Å². The highest BCUT2D eigenvalue weighted by atomic mass is 35.5. The number of hydrogen-bond donors (Lipinski definition) is 0. The van der Waals surface area contributed by atoms with E-state index in [1.165, 1.54) is 0 Å². The minimum atomic E-state index is -0.523. The second-order valence-corrected chi connectivity index (χ2v) is 7.92. The van der Waals surface area contributed by atoms with Crippen LogP contribution in [0.4, 0.5) is 0 Å². The number of hydrogen-bond acceptors (Lipinski definition) is 4. The molecule has 5 rings (SSSR count). The van der Waals surface area contributed by atoms with Crippen molar-refractivity contribution in [2.75, 3.05) is 0 Å². The van der Waals surface area contributed by atoms with Gasteiger partial charge in [-0.1, -0.05) is 66.2 Å². The lowest BCUT2D eigenvalue weighted by Gasteiger charge is -2.06. The Morgan fingerprint density at radius 3 is 2.24 bits per heavy atom. The molecule has 4 aromatic carbocycles. The van der Waals surface area contributed by atoms with Crippen molar-refractivity contribution in [3.8, 4) is 22.6 Å². The molecule has 5 heteroatoms. The van der Waals surface area contributed by atoms with Crippen LogP contribution in [0.25, 0.3) is 17.2 Å². The minimum Gasteiger partial charge on any atom is -0.452 e. The molecule has 4 nitrogen and oxygen atoms in total. The Morgan fingerprint density at radius 2 is 1.52 bits per heavy atom. The molecule has 0 N–H and O–H groups in total. The maximum absolute atomic E-state index is 12.8. The molecule has 0 saturated heterocycles. The Labute approximate surface area is 195 Å². The van der Waals surface area contributed by atoms with Crippen molar-refractivity contribution in [2.45, 2.75) is 0 Å². The molecule has 0 unspecified atom stereocenters. The number of rotatable bonds is 4. The number of ether oxygens (including phenoxy) is 2. The molecule has 1 heterocycles. The zero-order valence-electron chi connectivity index (χ0n) is 17.3. The number of allylic oxidation sites excluding steroid dienone is 1. The molecule has 4 aromatic rings. The first kappa shape index (κ1) is 20.7. The maximum Gasteiger partial charge on any atom is 0.343 e. The summed E-state index contributed by atoms with van der Waals surface area (Å²) in [4.78, 5) is 25.1. The van der Waals surface area contributed by atoms with Crippen LogP contribution >= 0.6 is 11.6 Å². The van der Waals surface area contributed by atoms with Crippen molar-refractivity contribution in [1.29, 1.82) is 0 Å². The quantitative estimate of drug-likeness (QED) is 0.193. The first-order chi connectivity index (χ1) is 16.1. The predicted molar refractivity (Wildman–Crippen MR) is 128 cm³/mol. The van der Waals surface area contributed by atoms with Gasteiger partial charge in [-0.2, -0.15) is 0 Å². The maximum atomic E-state index is 12.8. The van der Waals surface area contributed by atoms with Gasteiger partial charge in [0.25, 0.3) is 0 Å². The van der Waals surface area contributed by atoms with E-state index in [1.54, 1.807) is 48.5 Å². The monoisotopic (exact) mass is 452 g/mol. The van der Waals surface area contributed by atoms with Gasteiger partial charge in [-0.25, -0.2) is 4.79 Å². The summed E-state index contributed by atoms with van der Waals surface area (Å²) in [6.45, 7) is 0. The first-order valence-corrected chi connectivity index (χ1v) is 10.7. The van der Waals surface area contributed by atoms with Crippen LogP contribution < -0.4 is 9.47 Å². The average Bonchev–Trinajstić information content (AvgIpc) is 3.15. The van der Waals surface area contributed by atoms with Gasteiger partial charge in [0.05, 0.1) is 11.1 Å². The largest absolute Gasteiger partial charge is 0.452 e. The molecular formula is C28H17ClO4. The van der Waals surface area contributed by atoms with Gasteiger partial charge in [0.2, 0.25) is 5.78 Å². The van der Waals surface area contributed by atoms with E-state index in [0.29, 0.717) is 21.9 Å². The molecule has 0 aliphatic carbocycles. The van der Waals surface area contributed by atoms with E-state index in [0.717, 1.165) is 16.7 Å². The summed E-state index contributed by atoms with van der Waals surface area (Å²) in [6, 6.07) is 29.1. The fourth-order valence-corrected chi connectivity index (χ4v) is 3.66. The average molecular weight is 453 g/mol. The van der Waals surface area contributed by atoms with Gasteiger partial charge in [-0.05, 0) is 59.2 Å². The third-order valence-electron chi connectivity index (χ3n) is 5.25. The van der Waals surface area contributed by atoms with Gasteiger partial charge in [-0.15, -0.1) is 0 Å². The van der Waals surface area contributed by atoms with Crippen LogP contribution in [-0.4, -0.2) is 11.8 Å². The highest BCUT2D eigenvalue weighted by Gasteiger charge is 2.28. The molecule has 0 atom stereocenters. The lowest BCUT2D eigenvalue weighted by molar-refractivity contribution is 0.0734. The van der Waals surface area contributed by atoms with Crippen LogP contribution in [-0.2, 0) is 0 Å². The highest BCUT2D eigenvalue weighted by molar-refractivity contribution is 6.30. The standard InChI is InChI=1S/C28H17ClO4/c29-22-12-10-21(11-13-22)28(31)32-23-14-15-24-25(17-23)33-26(27(24)30)16-18-6-8-20(9-7-18)19-4-2-1-3-5-19/h1-17H. The van der Waals surface area contributed by atoms with E-state index in [2.05, 4.69) is 0 Å². The van der Waals surface area contributed by atoms with Gasteiger partial charge in [0.1, 0.15) is 11.5 Å². The highest BCUT2D eigenvalue weighted by Crippen LogP contribution is 2.35. The van der Waals surface area contributed by atoms with Crippen molar-refractivity contribution in [2.24, 2.45) is 0 Å². The SMILES string of the molecule is O=C(Oc1ccc2c(c1)OC(=Cc1ccc(-c3ccccc3)cc1)C2=O)c1ccc(Cl)cc1. The van der Waals surface area contributed by atoms with Crippen LogP contribution in [0.15, 0.2) is 103 Å². The molecule has 1 aliphatic rings. The number of benzene rings is 4. The third kappa shape index (κ3) is 4.43. The van der Waals surface area contributed by atoms with Gasteiger partial charge in [0, 0.05) is 11.1 Å². The van der Waals surface area contributed by atoms with Crippen molar-refractivity contribution in [3.63, 3.8) is 0 Å². The van der Waals surface area contributed by atoms with Crippen molar-refractivity contribution in [1.82, 2.24) is 0 Å². The normalized spacial score (nSPS) is 13.5. The molecule has 0 radical (unpaired) electrons. The van der Waals surface area contributed by atoms with Crippen molar-refractivity contribution >= 4 is 29.4 Å². The van der Waals surface area contributed by atoms with Crippen LogP contribution in [0, 0.1) is 0 Å². The van der Waals surface area contributed by atoms with E-state index in [1.807, 2.05) is 54.6 Å². The Morgan fingerprint density at radius 1 is 0.818 bits per heavy atom. The lowest BCUT2D eigenvalue weighted by Crippen LogP contribution is -2.08.